The minimum absolute atomic E-state index is 0.270. The second kappa shape index (κ2) is 6.50. The molecule has 0 bridgehead atoms. The highest BCUT2D eigenvalue weighted by Gasteiger charge is 2.15. The maximum absolute atomic E-state index is 5.99. The molecular formula is C14H18ClNOS. The van der Waals surface area contributed by atoms with Crippen LogP contribution in [0.2, 0.25) is 5.02 Å². The van der Waals surface area contributed by atoms with Crippen molar-refractivity contribution in [2.75, 3.05) is 18.1 Å². The largest absolute Gasteiger partial charge is 0.459 e. The van der Waals surface area contributed by atoms with Gasteiger partial charge in [-0.2, -0.15) is 11.8 Å². The number of thioether (sulfide) groups is 1. The van der Waals surface area contributed by atoms with Crippen molar-refractivity contribution >= 4 is 34.3 Å². The molecule has 98 valence electrons. The molecule has 2 rings (SSSR count). The van der Waals surface area contributed by atoms with Crippen molar-refractivity contribution in [1.29, 1.82) is 0 Å². The van der Waals surface area contributed by atoms with Crippen molar-refractivity contribution in [3.8, 4) is 0 Å². The Morgan fingerprint density at radius 3 is 2.89 bits per heavy atom. The van der Waals surface area contributed by atoms with Gasteiger partial charge >= 0.3 is 0 Å². The van der Waals surface area contributed by atoms with Gasteiger partial charge in [-0.05, 0) is 36.6 Å². The van der Waals surface area contributed by atoms with E-state index in [1.54, 1.807) is 0 Å². The fraction of sp³-hybridized carbons (Fsp3) is 0.429. The summed E-state index contributed by atoms with van der Waals surface area (Å²) < 4.78 is 5.90. The van der Waals surface area contributed by atoms with Gasteiger partial charge in [-0.15, -0.1) is 0 Å². The third-order valence-corrected chi connectivity index (χ3v) is 3.99. The maximum Gasteiger partial charge on any atom is 0.134 e. The van der Waals surface area contributed by atoms with Gasteiger partial charge < -0.3 is 9.73 Å². The van der Waals surface area contributed by atoms with Crippen molar-refractivity contribution < 1.29 is 4.42 Å². The minimum Gasteiger partial charge on any atom is -0.459 e. The number of furan rings is 1. The van der Waals surface area contributed by atoms with Gasteiger partial charge in [0.1, 0.15) is 11.3 Å². The zero-order valence-corrected chi connectivity index (χ0v) is 12.3. The van der Waals surface area contributed by atoms with Crippen molar-refractivity contribution in [1.82, 2.24) is 5.32 Å². The van der Waals surface area contributed by atoms with Crippen LogP contribution in [0, 0.1) is 0 Å². The van der Waals surface area contributed by atoms with Crippen molar-refractivity contribution in [2.45, 2.75) is 19.9 Å². The monoisotopic (exact) mass is 283 g/mol. The highest BCUT2D eigenvalue weighted by atomic mass is 35.5. The molecule has 0 aliphatic heterocycles. The number of hydrogen-bond donors (Lipinski definition) is 1. The maximum atomic E-state index is 5.99. The van der Waals surface area contributed by atoms with Crippen molar-refractivity contribution in [3.05, 3.63) is 35.0 Å². The van der Waals surface area contributed by atoms with E-state index in [4.69, 9.17) is 16.0 Å². The van der Waals surface area contributed by atoms with Gasteiger partial charge in [0.25, 0.3) is 0 Å². The van der Waals surface area contributed by atoms with Crippen LogP contribution in [0.3, 0.4) is 0 Å². The lowest BCUT2D eigenvalue weighted by Gasteiger charge is -2.14. The van der Waals surface area contributed by atoms with E-state index in [1.807, 2.05) is 30.0 Å². The second-order valence-corrected chi connectivity index (χ2v) is 5.86. The first-order valence-electron chi connectivity index (χ1n) is 6.24. The number of halogens is 1. The molecule has 1 atom stereocenters. The fourth-order valence-corrected chi connectivity index (χ4v) is 2.86. The van der Waals surface area contributed by atoms with Crippen molar-refractivity contribution in [3.63, 3.8) is 0 Å². The zero-order valence-electron chi connectivity index (χ0n) is 10.7. The first kappa shape index (κ1) is 13.8. The van der Waals surface area contributed by atoms with Crippen LogP contribution in [-0.2, 0) is 0 Å². The van der Waals surface area contributed by atoms with Crippen LogP contribution in [0.4, 0.5) is 0 Å². The molecule has 1 N–H and O–H groups in total. The number of benzene rings is 1. The summed E-state index contributed by atoms with van der Waals surface area (Å²) in [6, 6.07) is 8.09. The standard InChI is InChI=1S/C14H18ClNOS/c1-3-16-12(9-18-4-2)14-8-10-7-11(15)5-6-13(10)17-14/h5-8,12,16H,3-4,9H2,1-2H3. The van der Waals surface area contributed by atoms with E-state index in [0.29, 0.717) is 0 Å². The Labute approximate surface area is 117 Å². The van der Waals surface area contributed by atoms with Gasteiger partial charge in [0.05, 0.1) is 6.04 Å². The van der Waals surface area contributed by atoms with E-state index in [2.05, 4.69) is 25.2 Å². The van der Waals surface area contributed by atoms with Crippen molar-refractivity contribution in [2.24, 2.45) is 0 Å². The summed E-state index contributed by atoms with van der Waals surface area (Å²) in [4.78, 5) is 0. The Balaban J connectivity index is 2.26. The number of fused-ring (bicyclic) bond motifs is 1. The summed E-state index contributed by atoms with van der Waals surface area (Å²) in [6.07, 6.45) is 0. The van der Waals surface area contributed by atoms with Gasteiger partial charge in [-0.1, -0.05) is 25.4 Å². The van der Waals surface area contributed by atoms with Gasteiger partial charge in [-0.3, -0.25) is 0 Å². The predicted octanol–water partition coefficient (Wildman–Crippen LogP) is 4.49. The average Bonchev–Trinajstić information content (AvgIpc) is 2.77. The number of hydrogen-bond acceptors (Lipinski definition) is 3. The third kappa shape index (κ3) is 3.22. The highest BCUT2D eigenvalue weighted by molar-refractivity contribution is 7.99. The second-order valence-electron chi connectivity index (χ2n) is 4.10. The molecule has 0 aliphatic carbocycles. The predicted molar refractivity (Wildman–Crippen MR) is 80.6 cm³/mol. The lowest BCUT2D eigenvalue weighted by Crippen LogP contribution is -2.22. The Kier molecular flexibility index (Phi) is 4.98. The summed E-state index contributed by atoms with van der Waals surface area (Å²) in [5, 5.41) is 5.28. The van der Waals surface area contributed by atoms with E-state index < -0.39 is 0 Å². The Bertz CT molecular complexity index is 511. The zero-order chi connectivity index (χ0) is 13.0. The van der Waals surface area contributed by atoms with Gasteiger partial charge in [-0.25, -0.2) is 0 Å². The average molecular weight is 284 g/mol. The number of nitrogens with one attached hydrogen (secondary N) is 1. The first-order chi connectivity index (χ1) is 8.74. The smallest absolute Gasteiger partial charge is 0.134 e. The molecule has 0 radical (unpaired) electrons. The lowest BCUT2D eigenvalue weighted by atomic mass is 10.2. The molecule has 2 nitrogen and oxygen atoms in total. The van der Waals surface area contributed by atoms with Crippen LogP contribution >= 0.6 is 23.4 Å². The molecule has 0 saturated heterocycles. The SMILES string of the molecule is CCNC(CSCC)c1cc2cc(Cl)ccc2o1. The molecular weight excluding hydrogens is 266 g/mol. The molecule has 1 aromatic carbocycles. The minimum atomic E-state index is 0.270. The van der Waals surface area contributed by atoms with Crippen LogP contribution in [0.5, 0.6) is 0 Å². The third-order valence-electron chi connectivity index (χ3n) is 2.78. The molecule has 4 heteroatoms. The summed E-state index contributed by atoms with van der Waals surface area (Å²) >= 11 is 7.91. The molecule has 1 unspecified atom stereocenters. The molecule has 1 aromatic heterocycles. The van der Waals surface area contributed by atoms with Gasteiger partial charge in [0.2, 0.25) is 0 Å². The number of rotatable bonds is 6. The molecule has 0 spiro atoms. The van der Waals surface area contributed by atoms with Crippen LogP contribution in [0.15, 0.2) is 28.7 Å². The summed E-state index contributed by atoms with van der Waals surface area (Å²) in [6.45, 7) is 5.22. The fourth-order valence-electron chi connectivity index (χ4n) is 1.93. The Hall–Kier alpha value is -0.640. The molecule has 0 aliphatic rings. The van der Waals surface area contributed by atoms with E-state index in [1.165, 1.54) is 0 Å². The van der Waals surface area contributed by atoms with E-state index in [-0.39, 0.29) is 6.04 Å². The summed E-state index contributed by atoms with van der Waals surface area (Å²) in [5.41, 5.74) is 0.902. The van der Waals surface area contributed by atoms with E-state index >= 15 is 0 Å². The molecule has 0 saturated carbocycles. The summed E-state index contributed by atoms with van der Waals surface area (Å²) in [5.74, 6) is 3.14. The molecule has 2 aromatic rings. The first-order valence-corrected chi connectivity index (χ1v) is 7.78. The Morgan fingerprint density at radius 2 is 2.17 bits per heavy atom. The molecule has 0 fully saturated rings. The van der Waals surface area contributed by atoms with Crippen LogP contribution in [0.1, 0.15) is 25.6 Å². The highest BCUT2D eigenvalue weighted by Crippen LogP contribution is 2.28. The normalized spacial score (nSPS) is 13.1. The van der Waals surface area contributed by atoms with Crippen LogP contribution < -0.4 is 5.32 Å². The van der Waals surface area contributed by atoms with E-state index in [9.17, 15) is 0 Å². The van der Waals surface area contributed by atoms with E-state index in [0.717, 1.165) is 39.8 Å². The van der Waals surface area contributed by atoms with Crippen LogP contribution in [-0.4, -0.2) is 18.1 Å². The van der Waals surface area contributed by atoms with Gasteiger partial charge in [0.15, 0.2) is 0 Å². The molecule has 0 amide bonds. The lowest BCUT2D eigenvalue weighted by molar-refractivity contribution is 0.464. The molecule has 1 heterocycles. The quantitative estimate of drug-likeness (QED) is 0.845. The summed E-state index contributed by atoms with van der Waals surface area (Å²) in [7, 11) is 0. The van der Waals surface area contributed by atoms with Gasteiger partial charge in [0, 0.05) is 16.2 Å². The molecule has 18 heavy (non-hydrogen) atoms. The Morgan fingerprint density at radius 1 is 1.33 bits per heavy atom. The topological polar surface area (TPSA) is 25.2 Å². The van der Waals surface area contributed by atoms with Crippen LogP contribution in [0.25, 0.3) is 11.0 Å².